The summed E-state index contributed by atoms with van der Waals surface area (Å²) < 4.78 is 0. The number of likely N-dealkylation sites (tertiary alicyclic amines) is 1. The second-order valence-corrected chi connectivity index (χ2v) is 5.57. The second-order valence-electron chi connectivity index (χ2n) is 5.57. The summed E-state index contributed by atoms with van der Waals surface area (Å²) in [4.78, 5) is 2.44. The van der Waals surface area contributed by atoms with E-state index < -0.39 is 0 Å². The lowest BCUT2D eigenvalue weighted by molar-refractivity contribution is 0.0698. The van der Waals surface area contributed by atoms with Crippen molar-refractivity contribution in [3.8, 4) is 0 Å². The number of hydrogen-bond acceptors (Lipinski definition) is 2. The minimum absolute atomic E-state index is 0.0576. The van der Waals surface area contributed by atoms with Crippen LogP contribution in [0.3, 0.4) is 0 Å². The van der Waals surface area contributed by atoms with E-state index >= 15 is 0 Å². The SMILES string of the molecule is CCCCCCCCCCN1CCC[C@H](O)C1. The van der Waals surface area contributed by atoms with E-state index in [1.54, 1.807) is 0 Å². The summed E-state index contributed by atoms with van der Waals surface area (Å²) in [6.07, 6.45) is 13.3. The third kappa shape index (κ3) is 7.77. The van der Waals surface area contributed by atoms with Crippen molar-refractivity contribution in [3.05, 3.63) is 0 Å². The van der Waals surface area contributed by atoms with Gasteiger partial charge >= 0.3 is 0 Å². The third-order valence-electron chi connectivity index (χ3n) is 3.81. The van der Waals surface area contributed by atoms with Crippen LogP contribution in [0, 0.1) is 0 Å². The van der Waals surface area contributed by atoms with Crippen LogP contribution in [0.15, 0.2) is 0 Å². The van der Waals surface area contributed by atoms with Gasteiger partial charge in [-0.25, -0.2) is 0 Å². The van der Waals surface area contributed by atoms with E-state index in [2.05, 4.69) is 11.8 Å². The van der Waals surface area contributed by atoms with E-state index in [1.165, 1.54) is 70.9 Å². The van der Waals surface area contributed by atoms with Crippen molar-refractivity contribution < 1.29 is 5.11 Å². The van der Waals surface area contributed by atoms with Crippen LogP contribution in [-0.2, 0) is 0 Å². The summed E-state index contributed by atoms with van der Waals surface area (Å²) >= 11 is 0. The topological polar surface area (TPSA) is 23.5 Å². The Bertz CT molecular complexity index is 172. The Morgan fingerprint density at radius 3 is 2.29 bits per heavy atom. The molecule has 1 rings (SSSR count). The second kappa shape index (κ2) is 9.90. The molecule has 102 valence electrons. The molecular formula is C15H31NO. The van der Waals surface area contributed by atoms with Crippen molar-refractivity contribution in [2.45, 2.75) is 77.2 Å². The van der Waals surface area contributed by atoms with Crippen molar-refractivity contribution in [2.75, 3.05) is 19.6 Å². The normalized spacial score (nSPS) is 21.9. The molecule has 0 unspecified atom stereocenters. The van der Waals surface area contributed by atoms with Gasteiger partial charge in [0.15, 0.2) is 0 Å². The third-order valence-corrected chi connectivity index (χ3v) is 3.81. The van der Waals surface area contributed by atoms with Gasteiger partial charge in [0.25, 0.3) is 0 Å². The lowest BCUT2D eigenvalue weighted by Crippen LogP contribution is -2.38. The molecule has 17 heavy (non-hydrogen) atoms. The van der Waals surface area contributed by atoms with Gasteiger partial charge in [0.1, 0.15) is 0 Å². The highest BCUT2D eigenvalue weighted by molar-refractivity contribution is 4.71. The van der Waals surface area contributed by atoms with Crippen LogP contribution >= 0.6 is 0 Å². The quantitative estimate of drug-likeness (QED) is 0.624. The lowest BCUT2D eigenvalue weighted by Gasteiger charge is -2.29. The summed E-state index contributed by atoms with van der Waals surface area (Å²) in [7, 11) is 0. The number of piperidine rings is 1. The van der Waals surface area contributed by atoms with Crippen LogP contribution in [0.1, 0.15) is 71.1 Å². The number of rotatable bonds is 9. The van der Waals surface area contributed by atoms with Crippen LogP contribution in [0.25, 0.3) is 0 Å². The Kier molecular flexibility index (Phi) is 8.72. The van der Waals surface area contributed by atoms with Gasteiger partial charge in [-0.1, -0.05) is 51.9 Å². The number of β-amino-alcohol motifs (C(OH)–C–C–N with tert-alkyl or cyclic N) is 1. The summed E-state index contributed by atoms with van der Waals surface area (Å²) in [5.74, 6) is 0. The molecule has 1 aliphatic heterocycles. The number of aliphatic hydroxyl groups is 1. The fraction of sp³-hybridized carbons (Fsp3) is 1.00. The predicted octanol–water partition coefficient (Wildman–Crippen LogP) is 3.58. The first-order valence-corrected chi connectivity index (χ1v) is 7.73. The number of hydrogen-bond donors (Lipinski definition) is 1. The molecule has 0 aromatic heterocycles. The Morgan fingerprint density at radius 1 is 1.00 bits per heavy atom. The van der Waals surface area contributed by atoms with Crippen molar-refractivity contribution in [3.63, 3.8) is 0 Å². The highest BCUT2D eigenvalue weighted by Gasteiger charge is 2.16. The van der Waals surface area contributed by atoms with E-state index in [0.717, 1.165) is 13.0 Å². The first-order chi connectivity index (χ1) is 8.33. The van der Waals surface area contributed by atoms with E-state index in [0.29, 0.717) is 0 Å². The van der Waals surface area contributed by atoms with Gasteiger partial charge in [-0.05, 0) is 32.4 Å². The van der Waals surface area contributed by atoms with Gasteiger partial charge in [-0.2, -0.15) is 0 Å². The molecule has 0 aromatic rings. The Hall–Kier alpha value is -0.0800. The molecule has 0 amide bonds. The van der Waals surface area contributed by atoms with E-state index in [9.17, 15) is 5.11 Å². The molecule has 0 radical (unpaired) electrons. The molecule has 0 bridgehead atoms. The van der Waals surface area contributed by atoms with Crippen molar-refractivity contribution >= 4 is 0 Å². The Labute approximate surface area is 107 Å². The minimum atomic E-state index is -0.0576. The molecule has 0 aromatic carbocycles. The molecule has 0 spiro atoms. The average Bonchev–Trinajstić information content (AvgIpc) is 2.33. The van der Waals surface area contributed by atoms with Gasteiger partial charge in [-0.3, -0.25) is 0 Å². The van der Waals surface area contributed by atoms with Gasteiger partial charge < -0.3 is 10.0 Å². The molecule has 0 aliphatic carbocycles. The zero-order chi connectivity index (χ0) is 12.3. The molecule has 1 heterocycles. The van der Waals surface area contributed by atoms with Gasteiger partial charge in [0.2, 0.25) is 0 Å². The molecule has 0 saturated carbocycles. The summed E-state index contributed by atoms with van der Waals surface area (Å²) in [6.45, 7) is 5.59. The number of aliphatic hydroxyl groups excluding tert-OH is 1. The lowest BCUT2D eigenvalue weighted by atomic mass is 10.1. The maximum atomic E-state index is 9.56. The minimum Gasteiger partial charge on any atom is -0.392 e. The highest BCUT2D eigenvalue weighted by Crippen LogP contribution is 2.12. The number of unbranched alkanes of at least 4 members (excludes halogenated alkanes) is 7. The maximum absolute atomic E-state index is 9.56. The fourth-order valence-electron chi connectivity index (χ4n) is 2.70. The van der Waals surface area contributed by atoms with Gasteiger partial charge in [0, 0.05) is 6.54 Å². The van der Waals surface area contributed by atoms with Gasteiger partial charge in [-0.15, -0.1) is 0 Å². The molecule has 1 saturated heterocycles. The van der Waals surface area contributed by atoms with E-state index in [1.807, 2.05) is 0 Å². The monoisotopic (exact) mass is 241 g/mol. The van der Waals surface area contributed by atoms with Crippen LogP contribution in [0.4, 0.5) is 0 Å². The zero-order valence-corrected chi connectivity index (χ0v) is 11.7. The van der Waals surface area contributed by atoms with Crippen LogP contribution in [-0.4, -0.2) is 35.7 Å². The van der Waals surface area contributed by atoms with Crippen molar-refractivity contribution in [1.82, 2.24) is 4.90 Å². The smallest absolute Gasteiger partial charge is 0.0667 e. The Morgan fingerprint density at radius 2 is 1.65 bits per heavy atom. The summed E-state index contributed by atoms with van der Waals surface area (Å²) in [6, 6.07) is 0. The molecule has 2 heteroatoms. The van der Waals surface area contributed by atoms with Crippen molar-refractivity contribution in [1.29, 1.82) is 0 Å². The largest absolute Gasteiger partial charge is 0.392 e. The standard InChI is InChI=1S/C15H31NO/c1-2-3-4-5-6-7-8-9-12-16-13-10-11-15(17)14-16/h15,17H,2-14H2,1H3/t15-/m0/s1. The molecule has 1 atom stereocenters. The fourth-order valence-corrected chi connectivity index (χ4v) is 2.70. The first-order valence-electron chi connectivity index (χ1n) is 7.73. The van der Waals surface area contributed by atoms with Gasteiger partial charge in [0.05, 0.1) is 6.10 Å². The number of nitrogens with zero attached hydrogens (tertiary/aromatic N) is 1. The van der Waals surface area contributed by atoms with Crippen LogP contribution in [0.5, 0.6) is 0 Å². The molecular weight excluding hydrogens is 210 g/mol. The average molecular weight is 241 g/mol. The molecule has 2 nitrogen and oxygen atoms in total. The van der Waals surface area contributed by atoms with Crippen molar-refractivity contribution in [2.24, 2.45) is 0 Å². The first kappa shape index (κ1) is 15.0. The van der Waals surface area contributed by atoms with Crippen LogP contribution in [0.2, 0.25) is 0 Å². The molecule has 1 fully saturated rings. The zero-order valence-electron chi connectivity index (χ0n) is 11.7. The molecule has 1 aliphatic rings. The van der Waals surface area contributed by atoms with Crippen LogP contribution < -0.4 is 0 Å². The summed E-state index contributed by atoms with van der Waals surface area (Å²) in [5.41, 5.74) is 0. The van der Waals surface area contributed by atoms with E-state index in [4.69, 9.17) is 0 Å². The summed E-state index contributed by atoms with van der Waals surface area (Å²) in [5, 5.41) is 9.56. The Balaban J connectivity index is 1.83. The predicted molar refractivity (Wildman–Crippen MR) is 74.3 cm³/mol. The van der Waals surface area contributed by atoms with E-state index in [-0.39, 0.29) is 6.10 Å². The highest BCUT2D eigenvalue weighted by atomic mass is 16.3. The maximum Gasteiger partial charge on any atom is 0.0667 e. The molecule has 1 N–H and O–H groups in total.